The van der Waals surface area contributed by atoms with E-state index in [9.17, 15) is 0 Å². The molecule has 25 heavy (non-hydrogen) atoms. The van der Waals surface area contributed by atoms with E-state index in [0.29, 0.717) is 12.0 Å². The second-order valence-electron chi connectivity index (χ2n) is 8.92. The number of hydrogen-bond donors (Lipinski definition) is 0. The molecule has 0 amide bonds. The van der Waals surface area contributed by atoms with Crippen molar-refractivity contribution in [2.45, 2.75) is 106 Å². The molecule has 0 aliphatic carbocycles. The maximum atomic E-state index is 6.17. The number of ether oxygens (including phenoxy) is 3. The zero-order valence-corrected chi connectivity index (χ0v) is 18.2. The average Bonchev–Trinajstić information content (AvgIpc) is 2.53. The first-order valence-electron chi connectivity index (χ1n) is 10.6. The highest BCUT2D eigenvalue weighted by molar-refractivity contribution is 4.65. The standard InChI is InChI=1S/C22H46O3/c1-8-9-10-11-15-23-17-14-21(25-18-22(5,6)7)13-12-16-24-20(4)19(2)3/h19-21H,8-18H2,1-7H3. The van der Waals surface area contributed by atoms with E-state index in [2.05, 4.69) is 48.5 Å². The van der Waals surface area contributed by atoms with Gasteiger partial charge in [0.05, 0.1) is 18.8 Å². The predicted octanol–water partition coefficient (Wildman–Crippen LogP) is 6.25. The second-order valence-corrected chi connectivity index (χ2v) is 8.92. The van der Waals surface area contributed by atoms with Crippen molar-refractivity contribution in [2.75, 3.05) is 26.4 Å². The van der Waals surface area contributed by atoms with Crippen LogP contribution in [0, 0.1) is 11.3 Å². The number of hydrogen-bond acceptors (Lipinski definition) is 3. The summed E-state index contributed by atoms with van der Waals surface area (Å²) in [6, 6.07) is 0. The van der Waals surface area contributed by atoms with Crippen molar-refractivity contribution in [3.63, 3.8) is 0 Å². The van der Waals surface area contributed by atoms with Crippen LogP contribution in [-0.2, 0) is 14.2 Å². The average molecular weight is 359 g/mol. The van der Waals surface area contributed by atoms with Gasteiger partial charge in [0.25, 0.3) is 0 Å². The summed E-state index contributed by atoms with van der Waals surface area (Å²) in [5.74, 6) is 0.578. The molecule has 0 aromatic carbocycles. The zero-order chi connectivity index (χ0) is 19.1. The topological polar surface area (TPSA) is 27.7 Å². The summed E-state index contributed by atoms with van der Waals surface area (Å²) < 4.78 is 17.9. The van der Waals surface area contributed by atoms with Crippen LogP contribution in [0.2, 0.25) is 0 Å². The summed E-state index contributed by atoms with van der Waals surface area (Å²) in [6.07, 6.45) is 8.78. The van der Waals surface area contributed by atoms with Crippen LogP contribution in [0.15, 0.2) is 0 Å². The third-order valence-corrected chi connectivity index (χ3v) is 4.47. The molecule has 0 spiro atoms. The van der Waals surface area contributed by atoms with Crippen molar-refractivity contribution in [1.29, 1.82) is 0 Å². The summed E-state index contributed by atoms with van der Waals surface area (Å²) in [5.41, 5.74) is 0.210. The van der Waals surface area contributed by atoms with Crippen LogP contribution in [0.1, 0.15) is 93.4 Å². The Bertz CT molecular complexity index is 283. The Morgan fingerprint density at radius 3 is 2.08 bits per heavy atom. The van der Waals surface area contributed by atoms with Crippen LogP contribution in [0.3, 0.4) is 0 Å². The largest absolute Gasteiger partial charge is 0.381 e. The van der Waals surface area contributed by atoms with E-state index in [0.717, 1.165) is 45.7 Å². The molecule has 0 aliphatic rings. The summed E-state index contributed by atoms with van der Waals surface area (Å²) >= 11 is 0. The molecule has 0 aromatic heterocycles. The molecule has 0 radical (unpaired) electrons. The fraction of sp³-hybridized carbons (Fsp3) is 1.00. The van der Waals surface area contributed by atoms with Gasteiger partial charge in [-0.3, -0.25) is 0 Å². The lowest BCUT2D eigenvalue weighted by atomic mass is 9.98. The van der Waals surface area contributed by atoms with E-state index in [1.54, 1.807) is 0 Å². The minimum absolute atomic E-state index is 0.210. The quantitative estimate of drug-likeness (QED) is 0.305. The zero-order valence-electron chi connectivity index (χ0n) is 18.2. The Kier molecular flexibility index (Phi) is 14.9. The van der Waals surface area contributed by atoms with Gasteiger partial charge in [0.2, 0.25) is 0 Å². The van der Waals surface area contributed by atoms with E-state index >= 15 is 0 Å². The first-order chi connectivity index (χ1) is 11.8. The third kappa shape index (κ3) is 17.1. The Balaban J connectivity index is 3.98. The van der Waals surface area contributed by atoms with Crippen LogP contribution in [-0.4, -0.2) is 38.6 Å². The smallest absolute Gasteiger partial charge is 0.0598 e. The minimum Gasteiger partial charge on any atom is -0.381 e. The lowest BCUT2D eigenvalue weighted by molar-refractivity contribution is -0.0244. The van der Waals surface area contributed by atoms with Gasteiger partial charge >= 0.3 is 0 Å². The minimum atomic E-state index is 0.210. The molecular weight excluding hydrogens is 312 g/mol. The molecule has 3 heteroatoms. The molecule has 3 nitrogen and oxygen atoms in total. The first-order valence-corrected chi connectivity index (χ1v) is 10.6. The van der Waals surface area contributed by atoms with Gasteiger partial charge in [0.1, 0.15) is 0 Å². The fourth-order valence-electron chi connectivity index (χ4n) is 2.40. The van der Waals surface area contributed by atoms with Gasteiger partial charge in [-0.1, -0.05) is 60.8 Å². The van der Waals surface area contributed by atoms with Crippen LogP contribution in [0.25, 0.3) is 0 Å². The normalized spacial score (nSPS) is 14.9. The Morgan fingerprint density at radius 1 is 0.760 bits per heavy atom. The van der Waals surface area contributed by atoms with Gasteiger partial charge in [-0.15, -0.1) is 0 Å². The van der Waals surface area contributed by atoms with Crippen molar-refractivity contribution in [1.82, 2.24) is 0 Å². The summed E-state index contributed by atoms with van der Waals surface area (Å²) in [7, 11) is 0. The fourth-order valence-corrected chi connectivity index (χ4v) is 2.40. The first kappa shape index (κ1) is 24.9. The molecule has 2 unspecified atom stereocenters. The molecule has 0 fully saturated rings. The van der Waals surface area contributed by atoms with Crippen LogP contribution in [0.4, 0.5) is 0 Å². The van der Waals surface area contributed by atoms with Crippen LogP contribution >= 0.6 is 0 Å². The molecule has 0 aliphatic heterocycles. The summed E-state index contributed by atoms with van der Waals surface area (Å²) in [5, 5.41) is 0. The Morgan fingerprint density at radius 2 is 1.48 bits per heavy atom. The lowest BCUT2D eigenvalue weighted by Gasteiger charge is -2.25. The molecule has 0 aromatic rings. The maximum Gasteiger partial charge on any atom is 0.0598 e. The maximum absolute atomic E-state index is 6.17. The van der Waals surface area contributed by atoms with Gasteiger partial charge < -0.3 is 14.2 Å². The van der Waals surface area contributed by atoms with Gasteiger partial charge in [-0.2, -0.15) is 0 Å². The highest BCUT2D eigenvalue weighted by atomic mass is 16.5. The molecule has 0 bridgehead atoms. The van der Waals surface area contributed by atoms with E-state index in [-0.39, 0.29) is 11.5 Å². The Labute approximate surface area is 158 Å². The molecule has 152 valence electrons. The second kappa shape index (κ2) is 15.0. The van der Waals surface area contributed by atoms with Gasteiger partial charge in [0, 0.05) is 19.8 Å². The number of unbranched alkanes of at least 4 members (excludes halogenated alkanes) is 3. The molecule has 0 saturated heterocycles. The van der Waals surface area contributed by atoms with Crippen molar-refractivity contribution < 1.29 is 14.2 Å². The van der Waals surface area contributed by atoms with Gasteiger partial charge in [-0.05, 0) is 43.9 Å². The SMILES string of the molecule is CCCCCCOCCC(CCCOC(C)C(C)C)OCC(C)(C)C. The molecular formula is C22H46O3. The monoisotopic (exact) mass is 358 g/mol. The molecule has 0 saturated carbocycles. The van der Waals surface area contributed by atoms with E-state index in [1.165, 1.54) is 25.7 Å². The summed E-state index contributed by atoms with van der Waals surface area (Å²) in [6.45, 7) is 18.8. The van der Waals surface area contributed by atoms with Crippen molar-refractivity contribution in [3.8, 4) is 0 Å². The van der Waals surface area contributed by atoms with Gasteiger partial charge in [0.15, 0.2) is 0 Å². The lowest BCUT2D eigenvalue weighted by Crippen LogP contribution is -2.24. The molecule has 0 rings (SSSR count). The van der Waals surface area contributed by atoms with Gasteiger partial charge in [-0.25, -0.2) is 0 Å². The van der Waals surface area contributed by atoms with Crippen molar-refractivity contribution in [2.24, 2.45) is 11.3 Å². The van der Waals surface area contributed by atoms with E-state index in [4.69, 9.17) is 14.2 Å². The van der Waals surface area contributed by atoms with E-state index in [1.807, 2.05) is 0 Å². The van der Waals surface area contributed by atoms with Crippen molar-refractivity contribution in [3.05, 3.63) is 0 Å². The van der Waals surface area contributed by atoms with Crippen molar-refractivity contribution >= 4 is 0 Å². The van der Waals surface area contributed by atoms with E-state index < -0.39 is 0 Å². The highest BCUT2D eigenvalue weighted by Crippen LogP contribution is 2.18. The Hall–Kier alpha value is -0.120. The van der Waals surface area contributed by atoms with Crippen LogP contribution < -0.4 is 0 Å². The third-order valence-electron chi connectivity index (χ3n) is 4.47. The predicted molar refractivity (Wildman–Crippen MR) is 108 cm³/mol. The molecule has 0 heterocycles. The summed E-state index contributed by atoms with van der Waals surface area (Å²) in [4.78, 5) is 0. The highest BCUT2D eigenvalue weighted by Gasteiger charge is 2.16. The molecule has 2 atom stereocenters. The molecule has 0 N–H and O–H groups in total. The van der Waals surface area contributed by atoms with Crippen LogP contribution in [0.5, 0.6) is 0 Å². The number of rotatable bonds is 16.